The lowest BCUT2D eigenvalue weighted by molar-refractivity contribution is -0.126. The fourth-order valence-corrected chi connectivity index (χ4v) is 3.03. The Kier molecular flexibility index (Phi) is 7.08. The van der Waals surface area contributed by atoms with Gasteiger partial charge in [-0.15, -0.1) is 0 Å². The van der Waals surface area contributed by atoms with Gasteiger partial charge in [-0.1, -0.05) is 11.6 Å². The molecule has 1 heterocycles. The fraction of sp³-hybridized carbons (Fsp3) is 0.556. The van der Waals surface area contributed by atoms with Crippen LogP contribution in [0.1, 0.15) is 30.1 Å². The maximum Gasteiger partial charge on any atom is 0.257 e. The molecule has 1 saturated heterocycles. The van der Waals surface area contributed by atoms with Gasteiger partial charge in [0.25, 0.3) is 5.91 Å². The summed E-state index contributed by atoms with van der Waals surface area (Å²) < 4.78 is 5.26. The molecule has 25 heavy (non-hydrogen) atoms. The number of nitrogens with one attached hydrogen (secondary N) is 2. The molecule has 1 fully saturated rings. The lowest BCUT2D eigenvalue weighted by Crippen LogP contribution is -2.45. The number of amides is 2. The minimum atomic E-state index is -0.109. The van der Waals surface area contributed by atoms with Crippen LogP contribution in [0.2, 0.25) is 5.02 Å². The average Bonchev–Trinajstić information content (AvgIpc) is 2.65. The van der Waals surface area contributed by atoms with Crippen molar-refractivity contribution < 1.29 is 14.3 Å². The van der Waals surface area contributed by atoms with Gasteiger partial charge >= 0.3 is 0 Å². The number of piperidine rings is 1. The van der Waals surface area contributed by atoms with Gasteiger partial charge < -0.3 is 20.3 Å². The van der Waals surface area contributed by atoms with E-state index in [1.54, 1.807) is 23.1 Å². The second-order valence-corrected chi connectivity index (χ2v) is 6.78. The van der Waals surface area contributed by atoms with Crippen LogP contribution in [0.25, 0.3) is 0 Å². The third-order valence-electron chi connectivity index (χ3n) is 4.62. The van der Waals surface area contributed by atoms with E-state index in [0.717, 1.165) is 0 Å². The fourth-order valence-electron chi connectivity index (χ4n) is 2.86. The van der Waals surface area contributed by atoms with Crippen LogP contribution in [-0.4, -0.2) is 56.5 Å². The van der Waals surface area contributed by atoms with Crippen molar-refractivity contribution in [2.75, 3.05) is 33.8 Å². The number of ether oxygens (including phenoxy) is 1. The Bertz CT molecular complexity index is 616. The lowest BCUT2D eigenvalue weighted by atomic mass is 9.95. The standard InChI is InChI=1S/C18H26ClN3O3/c1-12(20-2)11-21-17(23)13-6-8-22(9-7-13)18(24)15-10-14(19)4-5-16(15)25-3/h4-5,10,12-13,20H,6-9,11H2,1-3H3,(H,21,23). The number of rotatable bonds is 6. The van der Waals surface area contributed by atoms with Crippen LogP contribution >= 0.6 is 11.6 Å². The van der Waals surface area contributed by atoms with Crippen molar-refractivity contribution in [3.05, 3.63) is 28.8 Å². The van der Waals surface area contributed by atoms with Crippen LogP contribution in [0.3, 0.4) is 0 Å². The van der Waals surface area contributed by atoms with E-state index in [2.05, 4.69) is 10.6 Å². The molecule has 0 spiro atoms. The molecule has 0 aliphatic carbocycles. The highest BCUT2D eigenvalue weighted by molar-refractivity contribution is 6.31. The quantitative estimate of drug-likeness (QED) is 0.806. The summed E-state index contributed by atoms with van der Waals surface area (Å²) in [6.45, 7) is 3.72. The van der Waals surface area contributed by atoms with Crippen LogP contribution in [0.4, 0.5) is 0 Å². The van der Waals surface area contributed by atoms with E-state index in [1.807, 2.05) is 14.0 Å². The van der Waals surface area contributed by atoms with Crippen molar-refractivity contribution in [1.82, 2.24) is 15.5 Å². The van der Waals surface area contributed by atoms with Crippen molar-refractivity contribution in [2.24, 2.45) is 5.92 Å². The van der Waals surface area contributed by atoms with E-state index < -0.39 is 0 Å². The summed E-state index contributed by atoms with van der Waals surface area (Å²) in [5.74, 6) is 0.418. The van der Waals surface area contributed by atoms with E-state index in [1.165, 1.54) is 7.11 Å². The molecule has 0 radical (unpaired) electrons. The summed E-state index contributed by atoms with van der Waals surface area (Å²) >= 11 is 6.01. The number of benzene rings is 1. The molecule has 2 N–H and O–H groups in total. The van der Waals surface area contributed by atoms with E-state index in [4.69, 9.17) is 16.3 Å². The molecule has 1 aliphatic heterocycles. The van der Waals surface area contributed by atoms with Gasteiger partial charge in [0.2, 0.25) is 5.91 Å². The van der Waals surface area contributed by atoms with Crippen LogP contribution in [-0.2, 0) is 4.79 Å². The first-order chi connectivity index (χ1) is 12.0. The molecular weight excluding hydrogens is 342 g/mol. The number of carbonyl (C=O) groups excluding carboxylic acids is 2. The summed E-state index contributed by atoms with van der Waals surface area (Å²) in [6.07, 6.45) is 1.32. The normalized spacial score (nSPS) is 16.4. The molecule has 2 rings (SSSR count). The first-order valence-electron chi connectivity index (χ1n) is 8.54. The van der Waals surface area contributed by atoms with Crippen molar-refractivity contribution in [1.29, 1.82) is 0 Å². The van der Waals surface area contributed by atoms with Crippen molar-refractivity contribution in [3.8, 4) is 5.75 Å². The average molecular weight is 368 g/mol. The Morgan fingerprint density at radius 1 is 1.36 bits per heavy atom. The molecule has 0 bridgehead atoms. The summed E-state index contributed by atoms with van der Waals surface area (Å²) in [5.41, 5.74) is 0.459. The highest BCUT2D eigenvalue weighted by atomic mass is 35.5. The first kappa shape index (κ1) is 19.5. The minimum absolute atomic E-state index is 0.0469. The molecule has 7 heteroatoms. The molecule has 1 aliphatic rings. The van der Waals surface area contributed by atoms with Gasteiger partial charge in [0.15, 0.2) is 0 Å². The smallest absolute Gasteiger partial charge is 0.257 e. The number of halogens is 1. The highest BCUT2D eigenvalue weighted by Crippen LogP contribution is 2.26. The van der Waals surface area contributed by atoms with E-state index >= 15 is 0 Å². The van der Waals surface area contributed by atoms with E-state index in [9.17, 15) is 9.59 Å². The highest BCUT2D eigenvalue weighted by Gasteiger charge is 2.29. The summed E-state index contributed by atoms with van der Waals surface area (Å²) in [7, 11) is 3.40. The Labute approximate surface area is 153 Å². The van der Waals surface area contributed by atoms with Crippen LogP contribution < -0.4 is 15.4 Å². The third-order valence-corrected chi connectivity index (χ3v) is 4.86. The molecule has 1 aromatic rings. The number of hydrogen-bond donors (Lipinski definition) is 2. The minimum Gasteiger partial charge on any atom is -0.496 e. The van der Waals surface area contributed by atoms with Crippen molar-refractivity contribution in [2.45, 2.75) is 25.8 Å². The summed E-state index contributed by atoms with van der Waals surface area (Å²) in [5, 5.41) is 6.55. The zero-order valence-corrected chi connectivity index (χ0v) is 15.7. The summed E-state index contributed by atoms with van der Waals surface area (Å²) in [4.78, 5) is 26.7. The van der Waals surface area contributed by atoms with Crippen molar-refractivity contribution in [3.63, 3.8) is 0 Å². The zero-order chi connectivity index (χ0) is 18.4. The molecule has 138 valence electrons. The first-order valence-corrected chi connectivity index (χ1v) is 8.91. The molecule has 1 atom stereocenters. The lowest BCUT2D eigenvalue weighted by Gasteiger charge is -2.32. The van der Waals surface area contributed by atoms with Gasteiger partial charge in [-0.2, -0.15) is 0 Å². The number of carbonyl (C=O) groups is 2. The molecule has 1 unspecified atom stereocenters. The second-order valence-electron chi connectivity index (χ2n) is 6.35. The maximum atomic E-state index is 12.7. The Morgan fingerprint density at radius 3 is 2.64 bits per heavy atom. The zero-order valence-electron chi connectivity index (χ0n) is 15.0. The molecule has 0 saturated carbocycles. The van der Waals surface area contributed by atoms with Gasteiger partial charge in [0.05, 0.1) is 12.7 Å². The Morgan fingerprint density at radius 2 is 2.04 bits per heavy atom. The molecule has 1 aromatic carbocycles. The number of likely N-dealkylation sites (tertiary alicyclic amines) is 1. The Balaban J connectivity index is 1.92. The van der Waals surface area contributed by atoms with Gasteiger partial charge in [-0.3, -0.25) is 9.59 Å². The number of methoxy groups -OCH3 is 1. The molecule has 6 nitrogen and oxygen atoms in total. The van der Waals surface area contributed by atoms with Gasteiger partial charge in [0.1, 0.15) is 5.75 Å². The SMILES string of the molecule is CNC(C)CNC(=O)C1CCN(C(=O)c2cc(Cl)ccc2OC)CC1. The third kappa shape index (κ3) is 5.09. The number of hydrogen-bond acceptors (Lipinski definition) is 4. The second kappa shape index (κ2) is 9.06. The van der Waals surface area contributed by atoms with Crippen LogP contribution in [0, 0.1) is 5.92 Å². The topological polar surface area (TPSA) is 70.7 Å². The van der Waals surface area contributed by atoms with Crippen LogP contribution in [0.5, 0.6) is 5.75 Å². The molecular formula is C18H26ClN3O3. The van der Waals surface area contributed by atoms with Gasteiger partial charge in [-0.05, 0) is 45.0 Å². The summed E-state index contributed by atoms with van der Waals surface area (Å²) in [6, 6.07) is 5.25. The Hall–Kier alpha value is -1.79. The van der Waals surface area contributed by atoms with Crippen molar-refractivity contribution >= 4 is 23.4 Å². The van der Waals surface area contributed by atoms with E-state index in [-0.39, 0.29) is 23.8 Å². The van der Waals surface area contributed by atoms with E-state index in [0.29, 0.717) is 48.8 Å². The maximum absolute atomic E-state index is 12.7. The number of nitrogens with zero attached hydrogens (tertiary/aromatic N) is 1. The molecule has 0 aromatic heterocycles. The van der Waals surface area contributed by atoms with Gasteiger partial charge in [-0.25, -0.2) is 0 Å². The monoisotopic (exact) mass is 367 g/mol. The largest absolute Gasteiger partial charge is 0.496 e. The predicted octanol–water partition coefficient (Wildman–Crippen LogP) is 1.92. The predicted molar refractivity (Wildman–Crippen MR) is 98.2 cm³/mol. The molecule has 2 amide bonds. The van der Waals surface area contributed by atoms with Gasteiger partial charge in [0, 0.05) is 36.6 Å². The number of likely N-dealkylation sites (N-methyl/N-ethyl adjacent to an activating group) is 1. The van der Waals surface area contributed by atoms with Crippen LogP contribution in [0.15, 0.2) is 18.2 Å².